The SMILES string of the molecule is CC(C)N1CCC(Nc2ccc3[nH]ncc3c2)CC1. The molecule has 1 aliphatic heterocycles. The van der Waals surface area contributed by atoms with Gasteiger partial charge in [-0.1, -0.05) is 0 Å². The van der Waals surface area contributed by atoms with E-state index in [4.69, 9.17) is 0 Å². The lowest BCUT2D eigenvalue weighted by Crippen LogP contribution is -2.42. The minimum Gasteiger partial charge on any atom is -0.382 e. The summed E-state index contributed by atoms with van der Waals surface area (Å²) in [5.74, 6) is 0. The molecule has 0 bridgehead atoms. The first kappa shape index (κ1) is 12.5. The third-order valence-corrected chi connectivity index (χ3v) is 4.07. The van der Waals surface area contributed by atoms with Crippen molar-refractivity contribution < 1.29 is 0 Å². The van der Waals surface area contributed by atoms with E-state index in [-0.39, 0.29) is 0 Å². The van der Waals surface area contributed by atoms with Gasteiger partial charge in [0.05, 0.1) is 11.7 Å². The van der Waals surface area contributed by atoms with Crippen LogP contribution in [0.3, 0.4) is 0 Å². The highest BCUT2D eigenvalue weighted by atomic mass is 15.2. The van der Waals surface area contributed by atoms with E-state index in [1.54, 1.807) is 0 Å². The lowest BCUT2D eigenvalue weighted by molar-refractivity contribution is 0.177. The molecular formula is C15H22N4. The molecule has 0 spiro atoms. The molecule has 0 unspecified atom stereocenters. The van der Waals surface area contributed by atoms with Crippen LogP contribution in [0, 0.1) is 0 Å². The molecule has 4 heteroatoms. The topological polar surface area (TPSA) is 44.0 Å². The molecule has 2 N–H and O–H groups in total. The molecule has 0 aliphatic carbocycles. The molecule has 1 aliphatic rings. The third kappa shape index (κ3) is 2.73. The van der Waals surface area contributed by atoms with Crippen molar-refractivity contribution >= 4 is 16.6 Å². The van der Waals surface area contributed by atoms with E-state index in [2.05, 4.69) is 52.5 Å². The van der Waals surface area contributed by atoms with E-state index < -0.39 is 0 Å². The van der Waals surface area contributed by atoms with Crippen LogP contribution in [0.2, 0.25) is 0 Å². The number of anilines is 1. The number of hydrogen-bond acceptors (Lipinski definition) is 3. The van der Waals surface area contributed by atoms with Gasteiger partial charge in [0.1, 0.15) is 0 Å². The summed E-state index contributed by atoms with van der Waals surface area (Å²) < 4.78 is 0. The van der Waals surface area contributed by atoms with Gasteiger partial charge in [-0.05, 0) is 44.9 Å². The maximum atomic E-state index is 4.06. The van der Waals surface area contributed by atoms with Crippen LogP contribution < -0.4 is 5.32 Å². The Morgan fingerprint density at radius 3 is 2.84 bits per heavy atom. The summed E-state index contributed by atoms with van der Waals surface area (Å²) in [6.45, 7) is 6.95. The van der Waals surface area contributed by atoms with Crippen molar-refractivity contribution in [1.29, 1.82) is 0 Å². The van der Waals surface area contributed by atoms with E-state index >= 15 is 0 Å². The summed E-state index contributed by atoms with van der Waals surface area (Å²) in [7, 11) is 0. The smallest absolute Gasteiger partial charge is 0.0651 e. The van der Waals surface area contributed by atoms with Gasteiger partial charge in [0.25, 0.3) is 0 Å². The Morgan fingerprint density at radius 2 is 2.11 bits per heavy atom. The van der Waals surface area contributed by atoms with Crippen molar-refractivity contribution in [2.45, 2.75) is 38.8 Å². The predicted molar refractivity (Wildman–Crippen MR) is 79.4 cm³/mol. The van der Waals surface area contributed by atoms with Crippen molar-refractivity contribution in [2.24, 2.45) is 0 Å². The Kier molecular flexibility index (Phi) is 3.42. The first-order valence-corrected chi connectivity index (χ1v) is 7.16. The Bertz CT molecular complexity index is 538. The Labute approximate surface area is 114 Å². The minimum absolute atomic E-state index is 0.597. The van der Waals surface area contributed by atoms with Gasteiger partial charge in [-0.15, -0.1) is 0 Å². The third-order valence-electron chi connectivity index (χ3n) is 4.07. The van der Waals surface area contributed by atoms with Crippen LogP contribution in [-0.4, -0.2) is 40.3 Å². The van der Waals surface area contributed by atoms with E-state index in [0.717, 1.165) is 5.52 Å². The standard InChI is InChI=1S/C15H22N4/c1-11(2)19-7-5-13(6-8-19)17-14-3-4-15-12(9-14)10-16-18-15/h3-4,9-11,13,17H,5-8H2,1-2H3,(H,16,18). The van der Waals surface area contributed by atoms with Crippen LogP contribution in [0.1, 0.15) is 26.7 Å². The van der Waals surface area contributed by atoms with Gasteiger partial charge in [-0.3, -0.25) is 5.10 Å². The lowest BCUT2D eigenvalue weighted by atomic mass is 10.0. The molecule has 4 nitrogen and oxygen atoms in total. The van der Waals surface area contributed by atoms with Crippen molar-refractivity contribution in [3.8, 4) is 0 Å². The number of hydrogen-bond donors (Lipinski definition) is 2. The maximum Gasteiger partial charge on any atom is 0.0651 e. The number of nitrogens with zero attached hydrogens (tertiary/aromatic N) is 2. The number of benzene rings is 1. The van der Waals surface area contributed by atoms with E-state index in [0.29, 0.717) is 12.1 Å². The lowest BCUT2D eigenvalue weighted by Gasteiger charge is -2.35. The fraction of sp³-hybridized carbons (Fsp3) is 0.533. The molecule has 0 amide bonds. The summed E-state index contributed by atoms with van der Waals surface area (Å²) >= 11 is 0. The van der Waals surface area contributed by atoms with Gasteiger partial charge in [0, 0.05) is 36.2 Å². The number of likely N-dealkylation sites (tertiary alicyclic amines) is 1. The fourth-order valence-electron chi connectivity index (χ4n) is 2.83. The maximum absolute atomic E-state index is 4.06. The summed E-state index contributed by atoms with van der Waals surface area (Å²) in [4.78, 5) is 2.55. The van der Waals surface area contributed by atoms with Gasteiger partial charge in [0.15, 0.2) is 0 Å². The van der Waals surface area contributed by atoms with E-state index in [9.17, 15) is 0 Å². The number of fused-ring (bicyclic) bond motifs is 1. The van der Waals surface area contributed by atoms with Crippen LogP contribution in [0.15, 0.2) is 24.4 Å². The molecule has 1 aromatic heterocycles. The number of aromatic nitrogens is 2. The average molecular weight is 258 g/mol. The normalized spacial score (nSPS) is 18.3. The summed E-state index contributed by atoms with van der Waals surface area (Å²) in [5.41, 5.74) is 2.30. The zero-order valence-corrected chi connectivity index (χ0v) is 11.7. The summed E-state index contributed by atoms with van der Waals surface area (Å²) in [6, 6.07) is 7.67. The molecule has 3 rings (SSSR count). The van der Waals surface area contributed by atoms with Crippen molar-refractivity contribution in [3.05, 3.63) is 24.4 Å². The fourth-order valence-corrected chi connectivity index (χ4v) is 2.83. The molecule has 1 fully saturated rings. The first-order chi connectivity index (χ1) is 9.22. The summed E-state index contributed by atoms with van der Waals surface area (Å²) in [5, 5.41) is 11.9. The van der Waals surface area contributed by atoms with Crippen LogP contribution >= 0.6 is 0 Å². The second-order valence-electron chi connectivity index (χ2n) is 5.72. The van der Waals surface area contributed by atoms with Gasteiger partial charge >= 0.3 is 0 Å². The number of rotatable bonds is 3. The van der Waals surface area contributed by atoms with Crippen LogP contribution in [0.4, 0.5) is 5.69 Å². The molecule has 1 saturated heterocycles. The first-order valence-electron chi connectivity index (χ1n) is 7.16. The molecule has 0 saturated carbocycles. The highest BCUT2D eigenvalue weighted by Crippen LogP contribution is 2.21. The highest BCUT2D eigenvalue weighted by molar-refractivity contribution is 5.81. The molecule has 2 heterocycles. The van der Waals surface area contributed by atoms with Crippen molar-refractivity contribution in [3.63, 3.8) is 0 Å². The van der Waals surface area contributed by atoms with Gasteiger partial charge < -0.3 is 10.2 Å². The van der Waals surface area contributed by atoms with Crippen LogP contribution in [0.5, 0.6) is 0 Å². The number of piperidine rings is 1. The predicted octanol–water partition coefficient (Wildman–Crippen LogP) is 2.85. The average Bonchev–Trinajstić information content (AvgIpc) is 2.87. The van der Waals surface area contributed by atoms with Gasteiger partial charge in [-0.25, -0.2) is 0 Å². The minimum atomic E-state index is 0.597. The van der Waals surface area contributed by atoms with Crippen LogP contribution in [-0.2, 0) is 0 Å². The zero-order chi connectivity index (χ0) is 13.2. The number of aromatic amines is 1. The molecule has 0 atom stereocenters. The van der Waals surface area contributed by atoms with Crippen molar-refractivity contribution in [1.82, 2.24) is 15.1 Å². The van der Waals surface area contributed by atoms with Crippen molar-refractivity contribution in [2.75, 3.05) is 18.4 Å². The van der Waals surface area contributed by atoms with E-state index in [1.165, 1.54) is 37.0 Å². The van der Waals surface area contributed by atoms with Gasteiger partial charge in [0.2, 0.25) is 0 Å². The van der Waals surface area contributed by atoms with Crippen LogP contribution in [0.25, 0.3) is 10.9 Å². The second-order valence-corrected chi connectivity index (χ2v) is 5.72. The molecule has 1 aromatic carbocycles. The van der Waals surface area contributed by atoms with Gasteiger partial charge in [-0.2, -0.15) is 5.10 Å². The Balaban J connectivity index is 1.62. The quantitative estimate of drug-likeness (QED) is 0.889. The Morgan fingerprint density at radius 1 is 1.32 bits per heavy atom. The van der Waals surface area contributed by atoms with E-state index in [1.807, 2.05) is 6.20 Å². The Hall–Kier alpha value is -1.55. The second kappa shape index (κ2) is 5.21. The molecule has 0 radical (unpaired) electrons. The molecule has 2 aromatic rings. The number of nitrogens with one attached hydrogen (secondary N) is 2. The summed E-state index contributed by atoms with van der Waals surface area (Å²) in [6.07, 6.45) is 4.32. The number of H-pyrrole nitrogens is 1. The molecule has 102 valence electrons. The molecule has 19 heavy (non-hydrogen) atoms. The monoisotopic (exact) mass is 258 g/mol. The highest BCUT2D eigenvalue weighted by Gasteiger charge is 2.20. The largest absolute Gasteiger partial charge is 0.382 e. The zero-order valence-electron chi connectivity index (χ0n) is 11.7. The molecular weight excluding hydrogens is 236 g/mol.